The predicted molar refractivity (Wildman–Crippen MR) is 129 cm³/mol. The van der Waals surface area contributed by atoms with E-state index >= 15 is 0 Å². The molecule has 180 valence electrons. The zero-order chi connectivity index (χ0) is 25.2. The smallest absolute Gasteiger partial charge is 0.326 e. The number of unbranched alkanes of at least 4 members (excludes halogenated alkanes) is 1. The largest absolute Gasteiger partial charge is 0.480 e. The minimum Gasteiger partial charge on any atom is -0.480 e. The van der Waals surface area contributed by atoms with Crippen molar-refractivity contribution in [1.29, 1.82) is 5.26 Å². The van der Waals surface area contributed by atoms with Gasteiger partial charge in [0.15, 0.2) is 0 Å². The lowest BCUT2D eigenvalue weighted by Gasteiger charge is -2.17. The number of amides is 1. The molecule has 1 unspecified atom stereocenters. The molecule has 0 saturated carbocycles. The van der Waals surface area contributed by atoms with E-state index in [1.54, 1.807) is 48.5 Å². The van der Waals surface area contributed by atoms with Crippen LogP contribution in [0.25, 0.3) is 11.3 Å². The number of carboxylic acid groups (broad SMARTS) is 1. The maximum Gasteiger partial charge on any atom is 0.326 e. The molecule has 2 aromatic carbocycles. The zero-order valence-corrected chi connectivity index (χ0v) is 19.4. The van der Waals surface area contributed by atoms with E-state index in [1.165, 1.54) is 6.07 Å². The molecule has 1 atom stereocenters. The second-order valence-corrected chi connectivity index (χ2v) is 8.05. The number of hydrogen-bond acceptors (Lipinski definition) is 6. The minimum absolute atomic E-state index is 0.0854. The Hall–Kier alpha value is -4.16. The first-order chi connectivity index (χ1) is 16.9. The van der Waals surface area contributed by atoms with Crippen molar-refractivity contribution in [2.24, 2.45) is 0 Å². The summed E-state index contributed by atoms with van der Waals surface area (Å²) in [6.07, 6.45) is 0.741. The van der Waals surface area contributed by atoms with Gasteiger partial charge in [0.2, 0.25) is 5.91 Å². The number of ether oxygens (including phenoxy) is 1. The summed E-state index contributed by atoms with van der Waals surface area (Å²) < 4.78 is 6.66. The number of aromatic nitrogens is 2. The van der Waals surface area contributed by atoms with Gasteiger partial charge >= 0.3 is 5.97 Å². The summed E-state index contributed by atoms with van der Waals surface area (Å²) in [5.74, 6) is -1.88. The van der Waals surface area contributed by atoms with Crippen molar-refractivity contribution < 1.29 is 19.4 Å². The van der Waals surface area contributed by atoms with Gasteiger partial charge in [-0.25, -0.2) is 4.79 Å². The van der Waals surface area contributed by atoms with Crippen LogP contribution in [0.3, 0.4) is 0 Å². The Bertz CT molecular complexity index is 1270. The number of nitrogens with one attached hydrogen (secondary N) is 1. The number of nitrogens with zero attached hydrogens (tertiary/aromatic N) is 3. The quantitative estimate of drug-likeness (QED) is 0.391. The van der Waals surface area contributed by atoms with Gasteiger partial charge < -0.3 is 15.2 Å². The van der Waals surface area contributed by atoms with Gasteiger partial charge in [-0.2, -0.15) is 10.2 Å². The van der Waals surface area contributed by atoms with Crippen LogP contribution in [0.15, 0.2) is 65.5 Å². The summed E-state index contributed by atoms with van der Waals surface area (Å²) in [5, 5.41) is 21.3. The number of carboxylic acids is 1. The fraction of sp³-hybridized carbons (Fsp3) is 0.240. The highest BCUT2D eigenvalue weighted by atomic mass is 35.5. The van der Waals surface area contributed by atoms with Gasteiger partial charge in [0.05, 0.1) is 18.4 Å². The van der Waals surface area contributed by atoms with Gasteiger partial charge in [-0.1, -0.05) is 54.1 Å². The first kappa shape index (κ1) is 25.5. The molecule has 0 fully saturated rings. The van der Waals surface area contributed by atoms with E-state index in [-0.39, 0.29) is 25.5 Å². The Morgan fingerprint density at radius 3 is 2.54 bits per heavy atom. The fourth-order valence-corrected chi connectivity index (χ4v) is 3.38. The SMILES string of the molecule is N#CCCCOc1nc(-c2ccc(Cl)cc2)cc(=O)n1CC(=O)NC(Cc1ccccc1)C(=O)O. The average molecular weight is 495 g/mol. The molecule has 1 heterocycles. The lowest BCUT2D eigenvalue weighted by atomic mass is 10.1. The maximum atomic E-state index is 12.9. The molecule has 3 aromatic rings. The molecule has 35 heavy (non-hydrogen) atoms. The number of rotatable bonds is 11. The molecule has 0 spiro atoms. The molecule has 0 radical (unpaired) electrons. The second kappa shape index (κ2) is 12.3. The number of carbonyl (C=O) groups excluding carboxylic acids is 1. The van der Waals surface area contributed by atoms with Crippen molar-refractivity contribution in [3.05, 3.63) is 81.6 Å². The second-order valence-electron chi connectivity index (χ2n) is 7.61. The Balaban J connectivity index is 1.83. The standard InChI is InChI=1S/C25H23ClN4O5/c26-19-10-8-18(9-11-19)20-15-23(32)30(25(29-20)35-13-5-4-12-27)16-22(31)28-21(24(33)34)14-17-6-2-1-3-7-17/h1-3,6-11,15,21H,4-5,13-14,16H2,(H,28,31)(H,33,34). The Morgan fingerprint density at radius 2 is 1.89 bits per heavy atom. The van der Waals surface area contributed by atoms with Crippen molar-refractivity contribution in [2.45, 2.75) is 31.8 Å². The number of halogens is 1. The number of benzene rings is 2. The molecular formula is C25H23ClN4O5. The van der Waals surface area contributed by atoms with Gasteiger partial charge in [0.25, 0.3) is 11.6 Å². The van der Waals surface area contributed by atoms with E-state index in [9.17, 15) is 19.5 Å². The molecule has 0 aliphatic rings. The number of hydrogen-bond donors (Lipinski definition) is 2. The molecule has 1 amide bonds. The topological polar surface area (TPSA) is 134 Å². The van der Waals surface area contributed by atoms with E-state index in [0.29, 0.717) is 22.7 Å². The van der Waals surface area contributed by atoms with Crippen LogP contribution >= 0.6 is 11.6 Å². The van der Waals surface area contributed by atoms with Crippen molar-refractivity contribution in [1.82, 2.24) is 14.9 Å². The molecule has 2 N–H and O–H groups in total. The molecule has 1 aromatic heterocycles. The highest BCUT2D eigenvalue weighted by molar-refractivity contribution is 6.30. The van der Waals surface area contributed by atoms with Crippen molar-refractivity contribution >= 4 is 23.5 Å². The lowest BCUT2D eigenvalue weighted by Crippen LogP contribution is -2.44. The van der Waals surface area contributed by atoms with E-state index in [0.717, 1.165) is 10.1 Å². The first-order valence-electron chi connectivity index (χ1n) is 10.8. The lowest BCUT2D eigenvalue weighted by molar-refractivity contribution is -0.141. The molecule has 10 heteroatoms. The minimum atomic E-state index is -1.20. The third-order valence-corrected chi connectivity index (χ3v) is 5.25. The first-order valence-corrected chi connectivity index (χ1v) is 11.2. The van der Waals surface area contributed by atoms with Crippen LogP contribution in [-0.2, 0) is 22.6 Å². The van der Waals surface area contributed by atoms with E-state index < -0.39 is 30.0 Å². The third-order valence-electron chi connectivity index (χ3n) is 4.99. The molecule has 0 bridgehead atoms. The number of aliphatic carboxylic acids is 1. The summed E-state index contributed by atoms with van der Waals surface area (Å²) in [6, 6.07) is 17.6. The van der Waals surface area contributed by atoms with Crippen LogP contribution in [-0.4, -0.2) is 39.2 Å². The van der Waals surface area contributed by atoms with E-state index in [4.69, 9.17) is 21.6 Å². The Morgan fingerprint density at radius 1 is 1.17 bits per heavy atom. The molecule has 9 nitrogen and oxygen atoms in total. The van der Waals surface area contributed by atoms with Crippen LogP contribution in [0.5, 0.6) is 6.01 Å². The van der Waals surface area contributed by atoms with Crippen LogP contribution in [0.1, 0.15) is 18.4 Å². The van der Waals surface area contributed by atoms with Crippen LogP contribution in [0.2, 0.25) is 5.02 Å². The van der Waals surface area contributed by atoms with Crippen molar-refractivity contribution in [2.75, 3.05) is 6.61 Å². The van der Waals surface area contributed by atoms with E-state index in [1.807, 2.05) is 12.1 Å². The van der Waals surface area contributed by atoms with Gasteiger partial charge in [-0.05, 0) is 24.1 Å². The van der Waals surface area contributed by atoms with Crippen LogP contribution < -0.4 is 15.6 Å². The number of nitriles is 1. The summed E-state index contributed by atoms with van der Waals surface area (Å²) in [5.41, 5.74) is 1.14. The van der Waals surface area contributed by atoms with Gasteiger partial charge in [-0.3, -0.25) is 14.2 Å². The van der Waals surface area contributed by atoms with E-state index in [2.05, 4.69) is 10.3 Å². The molecule has 0 aliphatic heterocycles. The van der Waals surface area contributed by atoms with Gasteiger partial charge in [-0.15, -0.1) is 0 Å². The molecule has 3 rings (SSSR count). The van der Waals surface area contributed by atoms with Gasteiger partial charge in [0.1, 0.15) is 12.6 Å². The summed E-state index contributed by atoms with van der Waals surface area (Å²) in [4.78, 5) is 41.7. The number of carbonyl (C=O) groups is 2. The molecule has 0 aliphatic carbocycles. The normalized spacial score (nSPS) is 11.3. The summed E-state index contributed by atoms with van der Waals surface area (Å²) >= 11 is 5.93. The zero-order valence-electron chi connectivity index (χ0n) is 18.7. The van der Waals surface area contributed by atoms with Gasteiger partial charge in [0, 0.05) is 29.5 Å². The molecule has 0 saturated heterocycles. The van der Waals surface area contributed by atoms with Crippen LogP contribution in [0, 0.1) is 11.3 Å². The maximum absolute atomic E-state index is 12.9. The predicted octanol–water partition coefficient (Wildman–Crippen LogP) is 3.06. The summed E-state index contributed by atoms with van der Waals surface area (Å²) in [7, 11) is 0. The van der Waals surface area contributed by atoms with Crippen molar-refractivity contribution in [3.8, 4) is 23.3 Å². The monoisotopic (exact) mass is 494 g/mol. The highest BCUT2D eigenvalue weighted by Crippen LogP contribution is 2.21. The average Bonchev–Trinajstić information content (AvgIpc) is 2.84. The summed E-state index contributed by atoms with van der Waals surface area (Å²) in [6.45, 7) is -0.379. The molecular weight excluding hydrogens is 472 g/mol. The Labute approximate surface area is 206 Å². The van der Waals surface area contributed by atoms with Crippen molar-refractivity contribution in [3.63, 3.8) is 0 Å². The Kier molecular flexibility index (Phi) is 8.98. The fourth-order valence-electron chi connectivity index (χ4n) is 3.26. The van der Waals surface area contributed by atoms with Crippen LogP contribution in [0.4, 0.5) is 0 Å². The highest BCUT2D eigenvalue weighted by Gasteiger charge is 2.22. The third kappa shape index (κ3) is 7.42.